The first-order chi connectivity index (χ1) is 4.16. The lowest BCUT2D eigenvalue weighted by atomic mass is 10.4. The summed E-state index contributed by atoms with van der Waals surface area (Å²) in [6, 6.07) is 0. The lowest BCUT2D eigenvalue weighted by Gasteiger charge is -1.88. The maximum absolute atomic E-state index is 9.85. The maximum Gasteiger partial charge on any atom is 0.144 e. The third-order valence-electron chi connectivity index (χ3n) is 0.709. The number of aldehydes is 1. The van der Waals surface area contributed by atoms with E-state index < -0.39 is 0 Å². The second-order valence-electron chi connectivity index (χ2n) is 2.00. The van der Waals surface area contributed by atoms with Crippen LogP contribution < -0.4 is 0 Å². The van der Waals surface area contributed by atoms with Gasteiger partial charge >= 0.3 is 0 Å². The van der Waals surface area contributed by atoms with E-state index in [9.17, 15) is 4.79 Å². The first kappa shape index (κ1) is 8.08. The second kappa shape index (κ2) is 4.01. The normalized spacial score (nSPS) is 10.8. The van der Waals surface area contributed by atoms with Crippen molar-refractivity contribution >= 4 is 12.0 Å². The van der Waals surface area contributed by atoms with Crippen LogP contribution in [0.2, 0.25) is 0 Å². The number of carbonyl (C=O) groups is 1. The highest BCUT2D eigenvalue weighted by Gasteiger charge is 1.80. The van der Waals surface area contributed by atoms with E-state index in [-0.39, 0.29) is 0 Å². The lowest BCUT2D eigenvalue weighted by molar-refractivity contribution is -0.104. The van der Waals surface area contributed by atoms with Crippen LogP contribution in [-0.4, -0.2) is 12.0 Å². The molecule has 9 heavy (non-hydrogen) atoms. The van der Waals surface area contributed by atoms with E-state index in [1.807, 2.05) is 13.8 Å². The van der Waals surface area contributed by atoms with E-state index >= 15 is 0 Å². The van der Waals surface area contributed by atoms with Gasteiger partial charge < -0.3 is 0 Å². The predicted molar refractivity (Wildman–Crippen MR) is 38.6 cm³/mol. The van der Waals surface area contributed by atoms with E-state index in [1.54, 1.807) is 6.92 Å². The number of rotatable bonds is 2. The zero-order valence-electron chi connectivity index (χ0n) is 6.01. The Balaban J connectivity index is 4.05. The molecule has 0 spiro atoms. The Hall–Kier alpha value is -0.920. The number of hydrogen-bond donors (Lipinski definition) is 0. The van der Waals surface area contributed by atoms with Gasteiger partial charge in [-0.2, -0.15) is 0 Å². The van der Waals surface area contributed by atoms with Gasteiger partial charge in [0.2, 0.25) is 0 Å². The molecule has 0 rings (SSSR count). The fourth-order valence-corrected chi connectivity index (χ4v) is 0.488. The molecule has 0 bridgehead atoms. The van der Waals surface area contributed by atoms with Crippen molar-refractivity contribution in [3.05, 3.63) is 11.8 Å². The van der Waals surface area contributed by atoms with Crippen LogP contribution in [0.3, 0.4) is 0 Å². The molecule has 0 radical (unpaired) electrons. The van der Waals surface area contributed by atoms with Gasteiger partial charge in [-0.05, 0) is 26.8 Å². The fourth-order valence-electron chi connectivity index (χ4n) is 0.488. The van der Waals surface area contributed by atoms with Crippen molar-refractivity contribution in [2.45, 2.75) is 20.8 Å². The summed E-state index contributed by atoms with van der Waals surface area (Å²) in [5.41, 5.74) is 1.72. The van der Waals surface area contributed by atoms with Gasteiger partial charge in [-0.3, -0.25) is 9.79 Å². The van der Waals surface area contributed by atoms with Crippen molar-refractivity contribution < 1.29 is 4.79 Å². The van der Waals surface area contributed by atoms with E-state index in [1.165, 1.54) is 6.08 Å². The van der Waals surface area contributed by atoms with Gasteiger partial charge in [-0.1, -0.05) is 0 Å². The summed E-state index contributed by atoms with van der Waals surface area (Å²) in [6.45, 7) is 5.58. The van der Waals surface area contributed by atoms with Crippen LogP contribution in [-0.2, 0) is 4.79 Å². The predicted octanol–water partition coefficient (Wildman–Crippen LogP) is 1.57. The molecule has 0 unspecified atom stereocenters. The number of nitrogens with zero attached hydrogens (tertiary/aromatic N) is 1. The molecular weight excluding hydrogens is 114 g/mol. The van der Waals surface area contributed by atoms with Crippen LogP contribution in [0, 0.1) is 0 Å². The summed E-state index contributed by atoms with van der Waals surface area (Å²) in [7, 11) is 0. The monoisotopic (exact) mass is 125 g/mol. The summed E-state index contributed by atoms with van der Waals surface area (Å²) in [5, 5.41) is 0. The van der Waals surface area contributed by atoms with Gasteiger partial charge in [0.05, 0.1) is 0 Å². The van der Waals surface area contributed by atoms with E-state index in [4.69, 9.17) is 0 Å². The molecule has 0 amide bonds. The van der Waals surface area contributed by atoms with Gasteiger partial charge in [0, 0.05) is 11.4 Å². The van der Waals surface area contributed by atoms with Gasteiger partial charge in [-0.25, -0.2) is 0 Å². The minimum Gasteiger partial charge on any atom is -0.298 e. The Morgan fingerprint density at radius 3 is 2.22 bits per heavy atom. The number of allylic oxidation sites excluding steroid dienone is 2. The molecule has 0 saturated heterocycles. The summed E-state index contributed by atoms with van der Waals surface area (Å²) in [6.07, 6.45) is 2.18. The topological polar surface area (TPSA) is 29.4 Å². The summed E-state index contributed by atoms with van der Waals surface area (Å²) < 4.78 is 0. The Morgan fingerprint density at radius 2 is 1.89 bits per heavy atom. The van der Waals surface area contributed by atoms with Gasteiger partial charge in [0.15, 0.2) is 0 Å². The number of hydrogen-bond acceptors (Lipinski definition) is 2. The van der Waals surface area contributed by atoms with Crippen molar-refractivity contribution in [1.29, 1.82) is 0 Å². The van der Waals surface area contributed by atoms with Crippen LogP contribution in [0.1, 0.15) is 20.8 Å². The number of carbonyl (C=O) groups excluding carboxylic acids is 1. The van der Waals surface area contributed by atoms with E-state index in [0.717, 1.165) is 17.7 Å². The Kier molecular flexibility index (Phi) is 3.60. The maximum atomic E-state index is 9.85. The third-order valence-corrected chi connectivity index (χ3v) is 0.709. The highest BCUT2D eigenvalue weighted by Crippen LogP contribution is 1.92. The first-order valence-electron chi connectivity index (χ1n) is 2.80. The molecular formula is C7H11NO. The van der Waals surface area contributed by atoms with E-state index in [2.05, 4.69) is 4.99 Å². The highest BCUT2D eigenvalue weighted by molar-refractivity contribution is 5.80. The molecule has 0 aromatic heterocycles. The minimum atomic E-state index is 0.738. The molecule has 0 N–H and O–H groups in total. The average molecular weight is 125 g/mol. The Morgan fingerprint density at radius 1 is 1.33 bits per heavy atom. The standard InChI is InChI=1S/C7H11NO/c1-6(2)8-7(3)4-5-9/h4-5H,1-3H3/b7-4+. The quantitative estimate of drug-likeness (QED) is 0.313. The van der Waals surface area contributed by atoms with Crippen LogP contribution >= 0.6 is 0 Å². The molecule has 0 aliphatic heterocycles. The highest BCUT2D eigenvalue weighted by atomic mass is 16.1. The van der Waals surface area contributed by atoms with E-state index in [0.29, 0.717) is 0 Å². The molecule has 0 saturated carbocycles. The van der Waals surface area contributed by atoms with Crippen molar-refractivity contribution in [1.82, 2.24) is 0 Å². The van der Waals surface area contributed by atoms with Gasteiger partial charge in [0.1, 0.15) is 6.29 Å². The Bertz CT molecular complexity index is 152. The van der Waals surface area contributed by atoms with Crippen LogP contribution in [0.4, 0.5) is 0 Å². The lowest BCUT2D eigenvalue weighted by Crippen LogP contribution is -1.80. The summed E-state index contributed by atoms with van der Waals surface area (Å²) in [4.78, 5) is 13.9. The summed E-state index contributed by atoms with van der Waals surface area (Å²) in [5.74, 6) is 0. The van der Waals surface area contributed by atoms with Crippen LogP contribution in [0.15, 0.2) is 16.8 Å². The van der Waals surface area contributed by atoms with Crippen molar-refractivity contribution in [2.75, 3.05) is 0 Å². The molecule has 0 heterocycles. The molecule has 0 atom stereocenters. The van der Waals surface area contributed by atoms with Crippen molar-refractivity contribution in [3.8, 4) is 0 Å². The number of aliphatic imine (C=N–C) groups is 1. The summed E-state index contributed by atoms with van der Waals surface area (Å²) >= 11 is 0. The molecule has 0 aromatic carbocycles. The largest absolute Gasteiger partial charge is 0.298 e. The van der Waals surface area contributed by atoms with Gasteiger partial charge in [0.25, 0.3) is 0 Å². The SMILES string of the molecule is CC(C)=N/C(C)=C/C=O. The fraction of sp³-hybridized carbons (Fsp3) is 0.429. The molecule has 0 aliphatic carbocycles. The van der Waals surface area contributed by atoms with Crippen molar-refractivity contribution in [2.24, 2.45) is 4.99 Å². The Labute approximate surface area is 55.3 Å². The molecule has 50 valence electrons. The second-order valence-corrected chi connectivity index (χ2v) is 2.00. The average Bonchev–Trinajstić information content (AvgIpc) is 1.63. The molecule has 0 aliphatic rings. The van der Waals surface area contributed by atoms with Crippen molar-refractivity contribution in [3.63, 3.8) is 0 Å². The molecule has 2 nitrogen and oxygen atoms in total. The van der Waals surface area contributed by atoms with Crippen LogP contribution in [0.25, 0.3) is 0 Å². The zero-order chi connectivity index (χ0) is 7.28. The molecule has 2 heteroatoms. The zero-order valence-corrected chi connectivity index (χ0v) is 6.01. The first-order valence-corrected chi connectivity index (χ1v) is 2.80. The molecule has 0 fully saturated rings. The smallest absolute Gasteiger partial charge is 0.144 e. The third kappa shape index (κ3) is 4.94. The minimum absolute atomic E-state index is 0.738. The van der Waals surface area contributed by atoms with Gasteiger partial charge in [-0.15, -0.1) is 0 Å². The van der Waals surface area contributed by atoms with Crippen LogP contribution in [0.5, 0.6) is 0 Å². The molecule has 0 aromatic rings.